The molecule has 0 bridgehead atoms. The van der Waals surface area contributed by atoms with Crippen molar-refractivity contribution in [1.82, 2.24) is 0 Å². The van der Waals surface area contributed by atoms with E-state index in [0.29, 0.717) is 0 Å². The molecule has 0 amide bonds. The topological polar surface area (TPSA) is 17.1 Å². The second kappa shape index (κ2) is 2.60. The first kappa shape index (κ1) is 9.81. The maximum absolute atomic E-state index is 11.6. The van der Waals surface area contributed by atoms with Gasteiger partial charge < -0.3 is 0 Å². The van der Waals surface area contributed by atoms with Crippen LogP contribution in [0, 0.1) is 0 Å². The van der Waals surface area contributed by atoms with Gasteiger partial charge in [-0.15, -0.1) is 11.8 Å². The predicted molar refractivity (Wildman–Crippen MR) is 56.8 cm³/mol. The fourth-order valence-corrected chi connectivity index (χ4v) is 3.76. The molecule has 4 heteroatoms. The SMILES string of the molecule is CC1SC(C)(S)C(=O)C1(C)S. The molecule has 1 saturated heterocycles. The average molecular weight is 208 g/mol. The maximum atomic E-state index is 11.6. The summed E-state index contributed by atoms with van der Waals surface area (Å²) >= 11 is 10.2. The number of thioether (sulfide) groups is 1. The van der Waals surface area contributed by atoms with Crippen molar-refractivity contribution in [2.24, 2.45) is 0 Å². The molecule has 0 aliphatic carbocycles. The number of thiol groups is 2. The zero-order chi connectivity index (χ0) is 8.86. The van der Waals surface area contributed by atoms with E-state index in [1.165, 1.54) is 0 Å². The number of carbonyl (C=O) groups excluding carboxylic acids is 1. The summed E-state index contributed by atoms with van der Waals surface area (Å²) in [5.74, 6) is 0.120. The van der Waals surface area contributed by atoms with Gasteiger partial charge in [0.1, 0.15) is 4.08 Å². The van der Waals surface area contributed by atoms with Gasteiger partial charge in [0, 0.05) is 5.25 Å². The molecule has 1 fully saturated rings. The third-order valence-electron chi connectivity index (χ3n) is 2.08. The van der Waals surface area contributed by atoms with Crippen LogP contribution in [0.4, 0.5) is 0 Å². The van der Waals surface area contributed by atoms with Gasteiger partial charge in [0.25, 0.3) is 0 Å². The number of ketones is 1. The Kier molecular flexibility index (Phi) is 2.32. The molecule has 1 rings (SSSR count). The van der Waals surface area contributed by atoms with Gasteiger partial charge in [-0.25, -0.2) is 0 Å². The van der Waals surface area contributed by atoms with E-state index in [4.69, 9.17) is 0 Å². The molecule has 3 unspecified atom stereocenters. The molecule has 1 nitrogen and oxygen atoms in total. The number of Topliss-reactive ketones (excluding diaryl/α,β-unsaturated/α-hetero) is 1. The predicted octanol–water partition coefficient (Wildman–Crippen LogP) is 2.03. The van der Waals surface area contributed by atoms with E-state index in [2.05, 4.69) is 25.3 Å². The third kappa shape index (κ3) is 1.45. The molecule has 0 N–H and O–H groups in total. The Bertz CT molecular complexity index is 198. The average Bonchev–Trinajstić information content (AvgIpc) is 1.94. The van der Waals surface area contributed by atoms with Gasteiger partial charge >= 0.3 is 0 Å². The zero-order valence-electron chi connectivity index (χ0n) is 6.79. The zero-order valence-corrected chi connectivity index (χ0v) is 9.39. The first-order valence-electron chi connectivity index (χ1n) is 3.46. The van der Waals surface area contributed by atoms with E-state index in [1.54, 1.807) is 11.8 Å². The minimum atomic E-state index is -0.546. The summed E-state index contributed by atoms with van der Waals surface area (Å²) in [7, 11) is 0. The summed E-state index contributed by atoms with van der Waals surface area (Å²) in [6.45, 7) is 5.70. The summed E-state index contributed by atoms with van der Waals surface area (Å²) in [4.78, 5) is 11.6. The Labute approximate surface area is 82.5 Å². The fourth-order valence-electron chi connectivity index (χ4n) is 1.17. The van der Waals surface area contributed by atoms with Crippen LogP contribution in [0.3, 0.4) is 0 Å². The lowest BCUT2D eigenvalue weighted by molar-refractivity contribution is -0.120. The van der Waals surface area contributed by atoms with Crippen LogP contribution in [0.2, 0.25) is 0 Å². The smallest absolute Gasteiger partial charge is 0.174 e. The van der Waals surface area contributed by atoms with E-state index in [-0.39, 0.29) is 11.0 Å². The van der Waals surface area contributed by atoms with Crippen molar-refractivity contribution in [3.8, 4) is 0 Å². The molecule has 0 saturated carbocycles. The lowest BCUT2D eigenvalue weighted by atomic mass is 10.0. The molecular formula is C7H12OS3. The third-order valence-corrected chi connectivity index (χ3v) is 4.83. The van der Waals surface area contributed by atoms with E-state index in [1.807, 2.05) is 20.8 Å². The van der Waals surface area contributed by atoms with Crippen molar-refractivity contribution in [3.63, 3.8) is 0 Å². The van der Waals surface area contributed by atoms with Crippen LogP contribution in [0.1, 0.15) is 20.8 Å². The minimum Gasteiger partial charge on any atom is -0.296 e. The quantitative estimate of drug-likeness (QED) is 0.593. The van der Waals surface area contributed by atoms with Gasteiger partial charge in [-0.05, 0) is 13.8 Å². The molecule has 64 valence electrons. The normalized spacial score (nSPS) is 51.7. The second-order valence-electron chi connectivity index (χ2n) is 3.22. The number of hydrogen-bond acceptors (Lipinski definition) is 4. The van der Waals surface area contributed by atoms with Crippen LogP contribution >= 0.6 is 37.0 Å². The highest BCUT2D eigenvalue weighted by Gasteiger charge is 2.53. The number of rotatable bonds is 0. The van der Waals surface area contributed by atoms with Crippen molar-refractivity contribution < 1.29 is 4.79 Å². The molecule has 0 aromatic heterocycles. The molecule has 11 heavy (non-hydrogen) atoms. The second-order valence-corrected chi connectivity index (χ2v) is 7.10. The summed E-state index contributed by atoms with van der Waals surface area (Å²) in [5.41, 5.74) is 0. The molecule has 1 heterocycles. The van der Waals surface area contributed by atoms with Crippen LogP contribution in [0.15, 0.2) is 0 Å². The molecule has 3 atom stereocenters. The highest BCUT2D eigenvalue weighted by Crippen LogP contribution is 2.50. The van der Waals surface area contributed by atoms with Gasteiger partial charge in [0.05, 0.1) is 4.75 Å². The van der Waals surface area contributed by atoms with Crippen LogP contribution in [-0.4, -0.2) is 19.9 Å². The van der Waals surface area contributed by atoms with E-state index in [0.717, 1.165) is 0 Å². The molecule has 0 aromatic rings. The first-order chi connectivity index (χ1) is 4.78. The Morgan fingerprint density at radius 1 is 1.45 bits per heavy atom. The summed E-state index contributed by atoms with van der Waals surface area (Å²) in [6.07, 6.45) is 0. The van der Waals surface area contributed by atoms with Crippen LogP contribution < -0.4 is 0 Å². The first-order valence-corrected chi connectivity index (χ1v) is 5.23. The lowest BCUT2D eigenvalue weighted by Crippen LogP contribution is -2.36. The van der Waals surface area contributed by atoms with Crippen LogP contribution in [-0.2, 0) is 4.79 Å². The Hall–Kier alpha value is 0.720. The minimum absolute atomic E-state index is 0.120. The van der Waals surface area contributed by atoms with Crippen molar-refractivity contribution in [2.75, 3.05) is 0 Å². The van der Waals surface area contributed by atoms with Crippen molar-refractivity contribution >= 4 is 42.8 Å². The van der Waals surface area contributed by atoms with E-state index >= 15 is 0 Å². The van der Waals surface area contributed by atoms with Gasteiger partial charge in [-0.1, -0.05) is 6.92 Å². The molecule has 0 aromatic carbocycles. The van der Waals surface area contributed by atoms with Crippen molar-refractivity contribution in [2.45, 2.75) is 34.8 Å². The summed E-state index contributed by atoms with van der Waals surface area (Å²) < 4.78 is -1.06. The van der Waals surface area contributed by atoms with Crippen LogP contribution in [0.25, 0.3) is 0 Å². The highest BCUT2D eigenvalue weighted by atomic mass is 32.2. The number of hydrogen-bond donors (Lipinski definition) is 2. The van der Waals surface area contributed by atoms with E-state index in [9.17, 15) is 4.79 Å². The van der Waals surface area contributed by atoms with Crippen molar-refractivity contribution in [1.29, 1.82) is 0 Å². The highest BCUT2D eigenvalue weighted by molar-refractivity contribution is 8.14. The van der Waals surface area contributed by atoms with Gasteiger partial charge in [-0.2, -0.15) is 25.3 Å². The largest absolute Gasteiger partial charge is 0.296 e. The molecule has 1 aliphatic heterocycles. The van der Waals surface area contributed by atoms with Gasteiger partial charge in [-0.3, -0.25) is 4.79 Å². The monoisotopic (exact) mass is 208 g/mol. The van der Waals surface area contributed by atoms with Crippen LogP contribution in [0.5, 0.6) is 0 Å². The van der Waals surface area contributed by atoms with Gasteiger partial charge in [0.2, 0.25) is 0 Å². The Balaban J connectivity index is 2.99. The standard InChI is InChI=1S/C7H12OS3/c1-4-6(2,9)5(8)7(3,10)11-4/h4,9-10H,1-3H3. The molecular weight excluding hydrogens is 196 g/mol. The summed E-state index contributed by atoms with van der Waals surface area (Å²) in [6, 6.07) is 0. The summed E-state index contributed by atoms with van der Waals surface area (Å²) in [5, 5.41) is 0.237. The van der Waals surface area contributed by atoms with Crippen molar-refractivity contribution in [3.05, 3.63) is 0 Å². The fraction of sp³-hybridized carbons (Fsp3) is 0.857. The Morgan fingerprint density at radius 3 is 2.00 bits per heavy atom. The molecule has 1 aliphatic rings. The van der Waals surface area contributed by atoms with Gasteiger partial charge in [0.15, 0.2) is 5.78 Å². The molecule has 0 radical (unpaired) electrons. The Morgan fingerprint density at radius 2 is 1.91 bits per heavy atom. The van der Waals surface area contributed by atoms with E-state index < -0.39 is 8.83 Å². The lowest BCUT2D eigenvalue weighted by Gasteiger charge is -2.19. The maximum Gasteiger partial charge on any atom is 0.174 e. The molecule has 0 spiro atoms. The number of carbonyl (C=O) groups is 1.